The molecule has 140 valence electrons. The Bertz CT molecular complexity index is 1030. The van der Waals surface area contributed by atoms with Crippen LogP contribution in [0.5, 0.6) is 0 Å². The van der Waals surface area contributed by atoms with Crippen molar-refractivity contribution in [3.63, 3.8) is 0 Å². The van der Waals surface area contributed by atoms with Gasteiger partial charge in [-0.05, 0) is 84.4 Å². The van der Waals surface area contributed by atoms with Crippen LogP contribution in [0.4, 0.5) is 0 Å². The van der Waals surface area contributed by atoms with Crippen LogP contribution < -0.4 is 0 Å². The Morgan fingerprint density at radius 2 is 1.26 bits per heavy atom. The fraction of sp³-hybridized carbons (Fsp3) is 0.318. The van der Waals surface area contributed by atoms with Gasteiger partial charge in [0.15, 0.2) is 0 Å². The van der Waals surface area contributed by atoms with Gasteiger partial charge in [0, 0.05) is 22.8 Å². The first-order valence-corrected chi connectivity index (χ1v) is 9.17. The van der Waals surface area contributed by atoms with E-state index in [0.29, 0.717) is 0 Å². The van der Waals surface area contributed by atoms with Crippen LogP contribution in [0.2, 0.25) is 0 Å². The quantitative estimate of drug-likeness (QED) is 0.617. The molecule has 0 atom stereocenters. The van der Waals surface area contributed by atoms with Crippen molar-refractivity contribution in [2.24, 2.45) is 10.2 Å². The van der Waals surface area contributed by atoms with Crippen LogP contribution in [0.15, 0.2) is 46.6 Å². The summed E-state index contributed by atoms with van der Waals surface area (Å²) in [6, 6.07) is 12.3. The first kappa shape index (κ1) is 18.8. The maximum atomic E-state index is 4.79. The smallest absolute Gasteiger partial charge is 0.0867 e. The van der Waals surface area contributed by atoms with Gasteiger partial charge in [0.25, 0.3) is 0 Å². The second kappa shape index (κ2) is 7.35. The summed E-state index contributed by atoms with van der Waals surface area (Å²) in [4.78, 5) is 4.79. The summed E-state index contributed by atoms with van der Waals surface area (Å²) >= 11 is 0. The third-order valence-electron chi connectivity index (χ3n) is 4.87. The van der Waals surface area contributed by atoms with E-state index in [9.17, 15) is 0 Å². The average Bonchev–Trinajstić information content (AvgIpc) is 3.08. The molecule has 0 spiro atoms. The number of nitrogens with zero attached hydrogens (tertiary/aromatic N) is 5. The predicted molar refractivity (Wildman–Crippen MR) is 112 cm³/mol. The average molecular weight is 361 g/mol. The van der Waals surface area contributed by atoms with E-state index >= 15 is 0 Å². The van der Waals surface area contributed by atoms with E-state index in [-0.39, 0.29) is 0 Å². The van der Waals surface area contributed by atoms with E-state index < -0.39 is 0 Å². The van der Waals surface area contributed by atoms with Gasteiger partial charge in [-0.3, -0.25) is 0 Å². The third kappa shape index (κ3) is 3.77. The van der Waals surface area contributed by atoms with E-state index in [4.69, 9.17) is 15.2 Å². The lowest BCUT2D eigenvalue weighted by Gasteiger charge is -2.08. The summed E-state index contributed by atoms with van der Waals surface area (Å²) in [7, 11) is 0. The normalized spacial score (nSPS) is 12.7. The molecule has 0 saturated carbocycles. The van der Waals surface area contributed by atoms with Gasteiger partial charge in [-0.2, -0.15) is 10.2 Å². The lowest BCUT2D eigenvalue weighted by Crippen LogP contribution is -2.09. The highest BCUT2D eigenvalue weighted by atomic mass is 15.4. The van der Waals surface area contributed by atoms with E-state index in [1.807, 2.05) is 55.2 Å². The van der Waals surface area contributed by atoms with Crippen LogP contribution in [-0.4, -0.2) is 25.8 Å². The highest BCUT2D eigenvalue weighted by Crippen LogP contribution is 2.14. The van der Waals surface area contributed by atoms with Gasteiger partial charge in [-0.1, -0.05) is 6.07 Å². The SMILES string of the molecule is C/C(=N\n1c(C)ccc1C)c1cccc(/C(C)=N/n2c(C)cc(C)c2C)n1. The van der Waals surface area contributed by atoms with Crippen molar-refractivity contribution >= 4 is 11.4 Å². The van der Waals surface area contributed by atoms with Gasteiger partial charge in [0.05, 0.1) is 22.8 Å². The van der Waals surface area contributed by atoms with E-state index in [1.165, 1.54) is 5.56 Å². The number of hydrogen-bond donors (Lipinski definition) is 0. The van der Waals surface area contributed by atoms with Crippen molar-refractivity contribution in [1.82, 2.24) is 14.3 Å². The zero-order chi connectivity index (χ0) is 19.7. The third-order valence-corrected chi connectivity index (χ3v) is 4.87. The number of aromatic nitrogens is 3. The van der Waals surface area contributed by atoms with Gasteiger partial charge in [-0.15, -0.1) is 0 Å². The van der Waals surface area contributed by atoms with Crippen LogP contribution in [0.1, 0.15) is 53.6 Å². The molecule has 0 unspecified atom stereocenters. The largest absolute Gasteiger partial charge is 0.245 e. The number of hydrogen-bond acceptors (Lipinski definition) is 3. The minimum atomic E-state index is 0.853. The van der Waals surface area contributed by atoms with Gasteiger partial charge in [0.1, 0.15) is 0 Å². The Morgan fingerprint density at radius 3 is 1.74 bits per heavy atom. The molecule has 0 radical (unpaired) electrons. The van der Waals surface area contributed by atoms with Crippen molar-refractivity contribution in [2.75, 3.05) is 0 Å². The molecule has 0 fully saturated rings. The summed E-state index contributed by atoms with van der Waals surface area (Å²) in [6.07, 6.45) is 0. The fourth-order valence-electron chi connectivity index (χ4n) is 3.12. The van der Waals surface area contributed by atoms with Crippen LogP contribution >= 0.6 is 0 Å². The second-order valence-corrected chi connectivity index (χ2v) is 7.07. The number of pyridine rings is 1. The van der Waals surface area contributed by atoms with Crippen molar-refractivity contribution in [3.8, 4) is 0 Å². The van der Waals surface area contributed by atoms with Gasteiger partial charge < -0.3 is 0 Å². The maximum Gasteiger partial charge on any atom is 0.0867 e. The Hall–Kier alpha value is -2.95. The molecule has 3 aromatic rings. The Balaban J connectivity index is 1.97. The summed E-state index contributed by atoms with van der Waals surface area (Å²) in [5, 5.41) is 9.51. The van der Waals surface area contributed by atoms with Gasteiger partial charge in [0.2, 0.25) is 0 Å². The molecular weight excluding hydrogens is 334 g/mol. The molecule has 0 amide bonds. The molecule has 0 bridgehead atoms. The monoisotopic (exact) mass is 361 g/mol. The lowest BCUT2D eigenvalue weighted by molar-refractivity contribution is 0.807. The molecular formula is C22H27N5. The van der Waals surface area contributed by atoms with Crippen molar-refractivity contribution in [3.05, 3.63) is 76.1 Å². The summed E-state index contributed by atoms with van der Waals surface area (Å²) in [5.74, 6) is 0. The first-order chi connectivity index (χ1) is 12.8. The molecule has 3 heterocycles. The molecule has 0 aliphatic rings. The molecule has 0 saturated heterocycles. The Labute approximate surface area is 161 Å². The van der Waals surface area contributed by atoms with Crippen LogP contribution in [0.25, 0.3) is 0 Å². The molecule has 0 aromatic carbocycles. The molecule has 0 aliphatic carbocycles. The lowest BCUT2D eigenvalue weighted by atomic mass is 10.2. The molecule has 27 heavy (non-hydrogen) atoms. The van der Waals surface area contributed by atoms with E-state index in [2.05, 4.69) is 39.0 Å². The molecule has 3 aromatic heterocycles. The zero-order valence-electron chi connectivity index (χ0n) is 17.2. The van der Waals surface area contributed by atoms with Crippen molar-refractivity contribution in [2.45, 2.75) is 48.5 Å². The van der Waals surface area contributed by atoms with E-state index in [0.717, 1.165) is 45.6 Å². The molecule has 5 nitrogen and oxygen atoms in total. The summed E-state index contributed by atoms with van der Waals surface area (Å²) < 4.78 is 3.92. The molecule has 5 heteroatoms. The summed E-state index contributed by atoms with van der Waals surface area (Å²) in [6.45, 7) is 14.3. The molecule has 3 rings (SSSR count). The van der Waals surface area contributed by atoms with Gasteiger partial charge >= 0.3 is 0 Å². The van der Waals surface area contributed by atoms with E-state index in [1.54, 1.807) is 0 Å². The number of rotatable bonds is 4. The number of aryl methyl sites for hydroxylation is 4. The van der Waals surface area contributed by atoms with Crippen LogP contribution in [0, 0.1) is 34.6 Å². The standard InChI is InChI=1S/C22H27N5/c1-14-13-17(4)27(20(14)7)25-19(6)22-10-8-9-21(23-22)18(5)24-26-15(2)11-12-16(26)3/h8-13H,1-7H3/b24-18+,25-19+. The minimum Gasteiger partial charge on any atom is -0.245 e. The topological polar surface area (TPSA) is 47.5 Å². The van der Waals surface area contributed by atoms with Crippen molar-refractivity contribution in [1.29, 1.82) is 0 Å². The zero-order valence-corrected chi connectivity index (χ0v) is 17.2. The van der Waals surface area contributed by atoms with Gasteiger partial charge in [-0.25, -0.2) is 14.3 Å². The van der Waals surface area contributed by atoms with Crippen molar-refractivity contribution < 1.29 is 0 Å². The second-order valence-electron chi connectivity index (χ2n) is 7.07. The molecule has 0 aliphatic heterocycles. The fourth-order valence-corrected chi connectivity index (χ4v) is 3.12. The Kier molecular flexibility index (Phi) is 5.13. The summed E-state index contributed by atoms with van der Waals surface area (Å²) in [5.41, 5.74) is 9.18. The Morgan fingerprint density at radius 1 is 0.741 bits per heavy atom. The minimum absolute atomic E-state index is 0.853. The first-order valence-electron chi connectivity index (χ1n) is 9.17. The maximum absolute atomic E-state index is 4.79. The predicted octanol–water partition coefficient (Wildman–Crippen LogP) is 4.77. The van der Waals surface area contributed by atoms with Crippen LogP contribution in [-0.2, 0) is 0 Å². The highest BCUT2D eigenvalue weighted by molar-refractivity contribution is 6.00. The highest BCUT2D eigenvalue weighted by Gasteiger charge is 2.09. The molecule has 0 N–H and O–H groups in total. The van der Waals surface area contributed by atoms with Crippen LogP contribution in [0.3, 0.4) is 0 Å².